The van der Waals surface area contributed by atoms with Crippen LogP contribution in [0, 0.1) is 6.92 Å². The largest absolute Gasteiger partial charge is 0.377 e. The van der Waals surface area contributed by atoms with Gasteiger partial charge in [-0.1, -0.05) is 37.1 Å². The summed E-state index contributed by atoms with van der Waals surface area (Å²) in [6, 6.07) is 12.3. The first-order valence-corrected chi connectivity index (χ1v) is 13.8. The van der Waals surface area contributed by atoms with Gasteiger partial charge in [-0.05, 0) is 71.5 Å². The van der Waals surface area contributed by atoms with Crippen LogP contribution in [0.25, 0.3) is 10.9 Å². The van der Waals surface area contributed by atoms with E-state index in [0.717, 1.165) is 54.6 Å². The number of aromatic nitrogens is 5. The number of para-hydroxylation sites is 1. The minimum absolute atomic E-state index is 0.0914. The van der Waals surface area contributed by atoms with Crippen LogP contribution in [-0.4, -0.2) is 49.3 Å². The van der Waals surface area contributed by atoms with Gasteiger partial charge in [-0.15, -0.1) is 16.4 Å². The van der Waals surface area contributed by atoms with Gasteiger partial charge in [0.15, 0.2) is 5.82 Å². The van der Waals surface area contributed by atoms with Gasteiger partial charge in [-0.25, -0.2) is 4.68 Å². The fourth-order valence-corrected chi connectivity index (χ4v) is 6.54. The Hall–Kier alpha value is -2.88. The molecular weight excluding hydrogens is 472 g/mol. The zero-order valence-corrected chi connectivity index (χ0v) is 21.4. The topological polar surface area (TPSA) is 88.9 Å². The highest BCUT2D eigenvalue weighted by Crippen LogP contribution is 2.35. The molecule has 188 valence electrons. The Morgan fingerprint density at radius 3 is 2.86 bits per heavy atom. The monoisotopic (exact) mass is 504 g/mol. The van der Waals surface area contributed by atoms with Crippen molar-refractivity contribution in [3.8, 4) is 0 Å². The summed E-state index contributed by atoms with van der Waals surface area (Å²) in [5, 5.41) is 16.3. The van der Waals surface area contributed by atoms with Crippen molar-refractivity contribution in [1.82, 2.24) is 30.1 Å². The number of aromatic amines is 1. The van der Waals surface area contributed by atoms with Crippen molar-refractivity contribution in [2.75, 3.05) is 13.2 Å². The summed E-state index contributed by atoms with van der Waals surface area (Å²) in [5.41, 5.74) is 2.52. The summed E-state index contributed by atoms with van der Waals surface area (Å²) in [4.78, 5) is 20.5. The van der Waals surface area contributed by atoms with E-state index >= 15 is 0 Å². The Labute approximate surface area is 214 Å². The molecule has 0 radical (unpaired) electrons. The number of thiophene rings is 1. The quantitative estimate of drug-likeness (QED) is 0.372. The second kappa shape index (κ2) is 10.2. The number of ether oxygens (including phenoxy) is 1. The minimum atomic E-state index is -0.388. The lowest BCUT2D eigenvalue weighted by molar-refractivity contribution is 0.0574. The Balaban J connectivity index is 1.51. The van der Waals surface area contributed by atoms with Crippen LogP contribution in [0.5, 0.6) is 0 Å². The maximum atomic E-state index is 13.7. The molecule has 6 rings (SSSR count). The van der Waals surface area contributed by atoms with E-state index in [4.69, 9.17) is 4.74 Å². The fraction of sp³-hybridized carbons (Fsp3) is 0.481. The fourth-order valence-electron chi connectivity index (χ4n) is 5.81. The predicted octanol–water partition coefficient (Wildman–Crippen LogP) is 4.77. The summed E-state index contributed by atoms with van der Waals surface area (Å²) >= 11 is 1.73. The molecule has 1 N–H and O–H groups in total. The van der Waals surface area contributed by atoms with Gasteiger partial charge in [0.25, 0.3) is 5.56 Å². The third-order valence-electron chi connectivity index (χ3n) is 7.61. The molecule has 1 saturated heterocycles. The molecule has 2 atom stereocenters. The summed E-state index contributed by atoms with van der Waals surface area (Å²) in [5.74, 6) is 0.744. The molecule has 1 aliphatic carbocycles. The van der Waals surface area contributed by atoms with Gasteiger partial charge in [-0.2, -0.15) is 0 Å². The van der Waals surface area contributed by atoms with Gasteiger partial charge in [0, 0.05) is 30.1 Å². The van der Waals surface area contributed by atoms with Gasteiger partial charge in [0.2, 0.25) is 0 Å². The smallest absolute Gasteiger partial charge is 0.253 e. The second-order valence-corrected chi connectivity index (χ2v) is 11.1. The first-order chi connectivity index (χ1) is 17.7. The van der Waals surface area contributed by atoms with E-state index in [0.29, 0.717) is 18.7 Å². The number of aryl methyl sites for hydroxylation is 1. The molecule has 0 unspecified atom stereocenters. The molecule has 2 aliphatic rings. The molecule has 0 bridgehead atoms. The molecule has 3 aromatic heterocycles. The van der Waals surface area contributed by atoms with Gasteiger partial charge in [0.1, 0.15) is 6.04 Å². The molecule has 0 spiro atoms. The summed E-state index contributed by atoms with van der Waals surface area (Å²) in [7, 11) is 0. The number of pyridine rings is 1. The Morgan fingerprint density at radius 2 is 2.08 bits per heavy atom. The van der Waals surface area contributed by atoms with Gasteiger partial charge in [-0.3, -0.25) is 9.69 Å². The van der Waals surface area contributed by atoms with Crippen LogP contribution in [0.1, 0.15) is 72.4 Å². The average Bonchev–Trinajstić information content (AvgIpc) is 3.68. The highest BCUT2D eigenvalue weighted by atomic mass is 32.1. The second-order valence-electron chi connectivity index (χ2n) is 10.1. The standard InChI is InChI=1S/C27H32N6O2S/c1-18-7-4-8-19-15-23(27(34)28-24(18)19)25(26-29-30-31-33(26)20-9-2-3-10-20)32(16-21-11-5-13-35-21)17-22-12-6-14-36-22/h4,6-8,12,14-15,20-21,25H,2-3,5,9-11,13,16-17H2,1H3,(H,28,34)/t21-,25+/m1/s1. The maximum Gasteiger partial charge on any atom is 0.253 e. The van der Waals surface area contributed by atoms with Crippen molar-refractivity contribution in [2.45, 2.75) is 70.2 Å². The predicted molar refractivity (Wildman–Crippen MR) is 140 cm³/mol. The van der Waals surface area contributed by atoms with Crippen molar-refractivity contribution in [3.63, 3.8) is 0 Å². The first-order valence-electron chi connectivity index (χ1n) is 13.0. The Bertz CT molecular complexity index is 1370. The van der Waals surface area contributed by atoms with Crippen molar-refractivity contribution >= 4 is 22.2 Å². The molecule has 2 fully saturated rings. The van der Waals surface area contributed by atoms with E-state index in [2.05, 4.69) is 49.0 Å². The number of hydrogen-bond donors (Lipinski definition) is 1. The van der Waals surface area contributed by atoms with Crippen molar-refractivity contribution < 1.29 is 4.74 Å². The third kappa shape index (κ3) is 4.63. The summed E-state index contributed by atoms with van der Waals surface area (Å²) in [6.07, 6.45) is 6.71. The SMILES string of the molecule is Cc1cccc2cc([C@@H](c3nnnn3C3CCCC3)N(Cc3cccs3)C[C@H]3CCCO3)c(=O)[nH]c12. The highest BCUT2D eigenvalue weighted by molar-refractivity contribution is 7.09. The van der Waals surface area contributed by atoms with Crippen molar-refractivity contribution in [3.05, 3.63) is 74.0 Å². The number of rotatable bonds is 8. The Kier molecular flexibility index (Phi) is 6.69. The normalized spacial score (nSPS) is 19.6. The summed E-state index contributed by atoms with van der Waals surface area (Å²) in [6.45, 7) is 4.23. The number of nitrogens with one attached hydrogen (secondary N) is 1. The van der Waals surface area contributed by atoms with Crippen LogP contribution in [-0.2, 0) is 11.3 Å². The number of H-pyrrole nitrogens is 1. The van der Waals surface area contributed by atoms with Gasteiger partial charge >= 0.3 is 0 Å². The average molecular weight is 505 g/mol. The Morgan fingerprint density at radius 1 is 1.19 bits per heavy atom. The van der Waals surface area contributed by atoms with Gasteiger partial charge in [0.05, 0.1) is 17.7 Å². The molecule has 4 heterocycles. The van der Waals surface area contributed by atoms with Crippen LogP contribution in [0.2, 0.25) is 0 Å². The van der Waals surface area contributed by atoms with E-state index in [1.165, 1.54) is 17.7 Å². The molecular formula is C27H32N6O2S. The lowest BCUT2D eigenvalue weighted by atomic mass is 10.0. The van der Waals surface area contributed by atoms with E-state index in [1.807, 2.05) is 29.8 Å². The van der Waals surface area contributed by atoms with E-state index in [9.17, 15) is 4.79 Å². The van der Waals surface area contributed by atoms with Crippen LogP contribution < -0.4 is 5.56 Å². The minimum Gasteiger partial charge on any atom is -0.377 e. The van der Waals surface area contributed by atoms with Crippen molar-refractivity contribution in [1.29, 1.82) is 0 Å². The number of benzene rings is 1. The van der Waals surface area contributed by atoms with E-state index in [-0.39, 0.29) is 23.7 Å². The maximum absolute atomic E-state index is 13.7. The van der Waals surface area contributed by atoms with Crippen molar-refractivity contribution in [2.24, 2.45) is 0 Å². The number of nitrogens with zero attached hydrogens (tertiary/aromatic N) is 5. The molecule has 1 saturated carbocycles. The molecule has 1 aliphatic heterocycles. The van der Waals surface area contributed by atoms with Crippen LogP contribution in [0.3, 0.4) is 0 Å². The van der Waals surface area contributed by atoms with Crippen LogP contribution in [0.4, 0.5) is 0 Å². The molecule has 1 aromatic carbocycles. The van der Waals surface area contributed by atoms with E-state index < -0.39 is 0 Å². The highest BCUT2D eigenvalue weighted by Gasteiger charge is 2.35. The number of hydrogen-bond acceptors (Lipinski definition) is 7. The zero-order chi connectivity index (χ0) is 24.5. The molecule has 36 heavy (non-hydrogen) atoms. The van der Waals surface area contributed by atoms with Crippen LogP contribution in [0.15, 0.2) is 46.6 Å². The first kappa shape index (κ1) is 23.5. The number of fused-ring (bicyclic) bond motifs is 1. The van der Waals surface area contributed by atoms with Crippen LogP contribution >= 0.6 is 11.3 Å². The summed E-state index contributed by atoms with van der Waals surface area (Å²) < 4.78 is 8.06. The molecule has 9 heteroatoms. The van der Waals surface area contributed by atoms with Gasteiger partial charge < -0.3 is 9.72 Å². The lowest BCUT2D eigenvalue weighted by Crippen LogP contribution is -2.39. The lowest BCUT2D eigenvalue weighted by Gasteiger charge is -2.33. The molecule has 0 amide bonds. The zero-order valence-electron chi connectivity index (χ0n) is 20.6. The van der Waals surface area contributed by atoms with E-state index in [1.54, 1.807) is 11.3 Å². The number of tetrazole rings is 1. The molecule has 4 aromatic rings. The third-order valence-corrected chi connectivity index (χ3v) is 8.47. The molecule has 8 nitrogen and oxygen atoms in total.